The highest BCUT2D eigenvalue weighted by Gasteiger charge is 2.28. The summed E-state index contributed by atoms with van der Waals surface area (Å²) in [6, 6.07) is 14.4. The maximum absolute atomic E-state index is 13.2. The van der Waals surface area contributed by atoms with Gasteiger partial charge < -0.3 is 15.0 Å². The van der Waals surface area contributed by atoms with Crippen LogP contribution in [0.5, 0.6) is 5.75 Å². The van der Waals surface area contributed by atoms with Crippen LogP contribution >= 0.6 is 11.6 Å². The number of nitrogens with one attached hydrogen (secondary N) is 1. The summed E-state index contributed by atoms with van der Waals surface area (Å²) < 4.78 is 5.18. The maximum atomic E-state index is 13.2. The van der Waals surface area contributed by atoms with Gasteiger partial charge in [0.1, 0.15) is 11.8 Å². The largest absolute Gasteiger partial charge is 0.497 e. The van der Waals surface area contributed by atoms with Gasteiger partial charge in [0.25, 0.3) is 0 Å². The van der Waals surface area contributed by atoms with Gasteiger partial charge in [-0.15, -0.1) is 0 Å². The third-order valence-corrected chi connectivity index (χ3v) is 6.05. The predicted octanol–water partition coefficient (Wildman–Crippen LogP) is 4.37. The zero-order valence-electron chi connectivity index (χ0n) is 17.6. The fourth-order valence-electron chi connectivity index (χ4n) is 3.80. The van der Waals surface area contributed by atoms with Crippen LogP contribution in [0.25, 0.3) is 0 Å². The van der Waals surface area contributed by atoms with Crippen LogP contribution in [0.15, 0.2) is 48.5 Å². The van der Waals surface area contributed by atoms with Gasteiger partial charge in [0, 0.05) is 17.6 Å². The van der Waals surface area contributed by atoms with Crippen molar-refractivity contribution in [3.8, 4) is 5.75 Å². The Hall–Kier alpha value is -2.53. The number of hydrogen-bond acceptors (Lipinski definition) is 3. The molecule has 5 nitrogen and oxygen atoms in total. The van der Waals surface area contributed by atoms with Crippen molar-refractivity contribution >= 4 is 23.4 Å². The first-order valence-corrected chi connectivity index (χ1v) is 10.8. The molecule has 2 amide bonds. The van der Waals surface area contributed by atoms with E-state index in [2.05, 4.69) is 5.32 Å². The van der Waals surface area contributed by atoms with Crippen molar-refractivity contribution in [3.63, 3.8) is 0 Å². The van der Waals surface area contributed by atoms with E-state index in [0.717, 1.165) is 42.6 Å². The second kappa shape index (κ2) is 10.5. The van der Waals surface area contributed by atoms with Gasteiger partial charge in [0.2, 0.25) is 11.8 Å². The highest BCUT2D eigenvalue weighted by Crippen LogP contribution is 2.21. The molecule has 2 aromatic rings. The van der Waals surface area contributed by atoms with E-state index in [1.54, 1.807) is 25.0 Å². The highest BCUT2D eigenvalue weighted by molar-refractivity contribution is 6.31. The molecule has 1 unspecified atom stereocenters. The Labute approximate surface area is 183 Å². The number of carbonyl (C=O) groups is 2. The van der Waals surface area contributed by atoms with Crippen molar-refractivity contribution in [3.05, 3.63) is 64.7 Å². The smallest absolute Gasteiger partial charge is 0.242 e. The van der Waals surface area contributed by atoms with E-state index in [1.807, 2.05) is 42.5 Å². The molecule has 160 valence electrons. The van der Waals surface area contributed by atoms with Gasteiger partial charge in [-0.2, -0.15) is 0 Å². The second-order valence-corrected chi connectivity index (χ2v) is 8.21. The summed E-state index contributed by atoms with van der Waals surface area (Å²) in [6.45, 7) is 2.07. The molecule has 1 aliphatic rings. The van der Waals surface area contributed by atoms with Crippen LogP contribution in [0.3, 0.4) is 0 Å². The second-order valence-electron chi connectivity index (χ2n) is 7.80. The van der Waals surface area contributed by atoms with E-state index in [1.165, 1.54) is 0 Å². The third-order valence-electron chi connectivity index (χ3n) is 5.68. The maximum Gasteiger partial charge on any atom is 0.242 e. The first-order chi connectivity index (χ1) is 14.5. The van der Waals surface area contributed by atoms with Gasteiger partial charge in [-0.3, -0.25) is 9.59 Å². The summed E-state index contributed by atoms with van der Waals surface area (Å²) in [5.74, 6) is 0.509. The van der Waals surface area contributed by atoms with E-state index >= 15 is 0 Å². The van der Waals surface area contributed by atoms with Crippen LogP contribution in [-0.4, -0.2) is 35.9 Å². The van der Waals surface area contributed by atoms with Crippen LogP contribution in [0.2, 0.25) is 5.02 Å². The molecular weight excluding hydrogens is 400 g/mol. The quantitative estimate of drug-likeness (QED) is 0.679. The first-order valence-electron chi connectivity index (χ1n) is 10.4. The van der Waals surface area contributed by atoms with E-state index in [0.29, 0.717) is 5.02 Å². The normalized spacial score (nSPS) is 14.9. The van der Waals surface area contributed by atoms with Crippen LogP contribution in [-0.2, 0) is 22.6 Å². The molecule has 0 saturated heterocycles. The minimum Gasteiger partial charge on any atom is -0.497 e. The number of nitrogens with zero attached hydrogens (tertiary/aromatic N) is 1. The number of rotatable bonds is 8. The van der Waals surface area contributed by atoms with Crippen LogP contribution in [0.1, 0.15) is 43.7 Å². The minimum absolute atomic E-state index is 0.114. The zero-order valence-corrected chi connectivity index (χ0v) is 18.3. The van der Waals surface area contributed by atoms with Crippen molar-refractivity contribution in [2.24, 2.45) is 0 Å². The molecule has 0 aromatic heterocycles. The topological polar surface area (TPSA) is 58.6 Å². The molecule has 6 heteroatoms. The number of methoxy groups -OCH3 is 1. The highest BCUT2D eigenvalue weighted by atomic mass is 35.5. The van der Waals surface area contributed by atoms with Gasteiger partial charge in [-0.1, -0.05) is 54.8 Å². The molecule has 3 rings (SSSR count). The molecule has 0 bridgehead atoms. The van der Waals surface area contributed by atoms with Crippen LogP contribution in [0.4, 0.5) is 0 Å². The number of halogens is 1. The summed E-state index contributed by atoms with van der Waals surface area (Å²) in [7, 11) is 1.61. The average Bonchev–Trinajstić information content (AvgIpc) is 3.26. The fourth-order valence-corrected chi connectivity index (χ4v) is 4.00. The van der Waals surface area contributed by atoms with Crippen LogP contribution < -0.4 is 10.1 Å². The van der Waals surface area contributed by atoms with Gasteiger partial charge >= 0.3 is 0 Å². The third kappa shape index (κ3) is 5.76. The summed E-state index contributed by atoms with van der Waals surface area (Å²) in [6.07, 6.45) is 4.49. The van der Waals surface area contributed by atoms with E-state index < -0.39 is 6.04 Å². The monoisotopic (exact) mass is 428 g/mol. The number of amides is 2. The summed E-state index contributed by atoms with van der Waals surface area (Å²) in [5, 5.41) is 3.70. The van der Waals surface area contributed by atoms with Gasteiger partial charge in [-0.25, -0.2) is 0 Å². The van der Waals surface area contributed by atoms with Crippen molar-refractivity contribution in [1.29, 1.82) is 0 Å². The van der Waals surface area contributed by atoms with E-state index in [-0.39, 0.29) is 30.8 Å². The van der Waals surface area contributed by atoms with Gasteiger partial charge in [-0.05, 0) is 49.1 Å². The summed E-state index contributed by atoms with van der Waals surface area (Å²) >= 11 is 6.34. The van der Waals surface area contributed by atoms with E-state index in [4.69, 9.17) is 16.3 Å². The summed E-state index contributed by atoms with van der Waals surface area (Å²) in [4.78, 5) is 27.8. The zero-order chi connectivity index (χ0) is 21.5. The lowest BCUT2D eigenvalue weighted by Crippen LogP contribution is -2.50. The van der Waals surface area contributed by atoms with Crippen molar-refractivity contribution in [2.45, 2.75) is 57.7 Å². The van der Waals surface area contributed by atoms with Crippen molar-refractivity contribution in [1.82, 2.24) is 10.2 Å². The predicted molar refractivity (Wildman–Crippen MR) is 119 cm³/mol. The molecule has 2 aromatic carbocycles. The number of benzene rings is 2. The molecule has 1 N–H and O–H groups in total. The van der Waals surface area contributed by atoms with Crippen molar-refractivity contribution in [2.75, 3.05) is 7.11 Å². The standard InChI is InChI=1S/C24H29ClN2O3/c1-17(24(29)26-20-8-4-5-9-20)27(16-19-7-3-6-10-22(19)25)23(28)15-18-11-13-21(30-2)14-12-18/h3,6-7,10-14,17,20H,4-5,8-9,15-16H2,1-2H3,(H,26,29). The molecule has 1 aliphatic carbocycles. The fraction of sp³-hybridized carbons (Fsp3) is 0.417. The Bertz CT molecular complexity index is 863. The molecule has 0 aliphatic heterocycles. The Morgan fingerprint density at radius 3 is 2.43 bits per heavy atom. The Kier molecular flexibility index (Phi) is 7.75. The molecule has 1 fully saturated rings. The average molecular weight is 429 g/mol. The minimum atomic E-state index is -0.590. The van der Waals surface area contributed by atoms with Gasteiger partial charge in [0.15, 0.2) is 0 Å². The SMILES string of the molecule is COc1ccc(CC(=O)N(Cc2ccccc2Cl)C(C)C(=O)NC2CCCC2)cc1. The Balaban J connectivity index is 1.77. The lowest BCUT2D eigenvalue weighted by atomic mass is 10.1. The Morgan fingerprint density at radius 2 is 1.80 bits per heavy atom. The molecule has 0 spiro atoms. The Morgan fingerprint density at radius 1 is 1.13 bits per heavy atom. The number of carbonyl (C=O) groups excluding carboxylic acids is 2. The molecule has 0 heterocycles. The molecule has 0 radical (unpaired) electrons. The molecular formula is C24H29ClN2O3. The lowest BCUT2D eigenvalue weighted by Gasteiger charge is -2.30. The number of hydrogen-bond donors (Lipinski definition) is 1. The van der Waals surface area contributed by atoms with Gasteiger partial charge in [0.05, 0.1) is 13.5 Å². The van der Waals surface area contributed by atoms with E-state index in [9.17, 15) is 9.59 Å². The molecule has 30 heavy (non-hydrogen) atoms. The lowest BCUT2D eigenvalue weighted by molar-refractivity contribution is -0.140. The molecule has 1 atom stereocenters. The van der Waals surface area contributed by atoms with Crippen LogP contribution in [0, 0.1) is 0 Å². The number of ether oxygens (including phenoxy) is 1. The first kappa shape index (κ1) is 22.2. The van der Waals surface area contributed by atoms with Crippen molar-refractivity contribution < 1.29 is 14.3 Å². The summed E-state index contributed by atoms with van der Waals surface area (Å²) in [5.41, 5.74) is 1.69. The molecule has 1 saturated carbocycles.